The molecule has 0 N–H and O–H groups in total. The van der Waals surface area contributed by atoms with Crippen molar-refractivity contribution in [3.05, 3.63) is 75.7 Å². The van der Waals surface area contributed by atoms with Crippen LogP contribution in [0.15, 0.2) is 58.5 Å². The van der Waals surface area contributed by atoms with E-state index in [2.05, 4.69) is 30.5 Å². The van der Waals surface area contributed by atoms with Gasteiger partial charge in [-0.1, -0.05) is 79.1 Å². The van der Waals surface area contributed by atoms with Gasteiger partial charge in [0.15, 0.2) is 0 Å². The van der Waals surface area contributed by atoms with E-state index < -0.39 is 0 Å². The Morgan fingerprint density at radius 3 is 2.40 bits per heavy atom. The fourth-order valence-corrected chi connectivity index (χ4v) is 5.30. The van der Waals surface area contributed by atoms with E-state index in [1.54, 1.807) is 17.8 Å². The second-order valence-electron chi connectivity index (χ2n) is 8.11. The van der Waals surface area contributed by atoms with E-state index in [4.69, 9.17) is 32.9 Å². The van der Waals surface area contributed by atoms with Gasteiger partial charge >= 0.3 is 0 Å². The maximum Gasteiger partial charge on any atom is 0.136 e. The quantitative estimate of drug-likeness (QED) is 0.328. The minimum Gasteiger partial charge on any atom is -0.369 e. The summed E-state index contributed by atoms with van der Waals surface area (Å²) in [5.41, 5.74) is 2.28. The van der Waals surface area contributed by atoms with Crippen LogP contribution in [0.4, 0.5) is 0 Å². The Labute approximate surface area is 192 Å². The summed E-state index contributed by atoms with van der Waals surface area (Å²) < 4.78 is 8.41. The predicted octanol–water partition coefficient (Wildman–Crippen LogP) is 7.59. The summed E-state index contributed by atoms with van der Waals surface area (Å²) in [4.78, 5) is 6.04. The van der Waals surface area contributed by atoms with Crippen molar-refractivity contribution >= 4 is 35.0 Å². The van der Waals surface area contributed by atoms with Gasteiger partial charge in [0.05, 0.1) is 12.3 Å². The Balaban J connectivity index is 1.61. The largest absolute Gasteiger partial charge is 0.369 e. The zero-order valence-corrected chi connectivity index (χ0v) is 19.6. The molecule has 4 rings (SSSR count). The first-order valence-corrected chi connectivity index (χ1v) is 11.9. The highest BCUT2D eigenvalue weighted by molar-refractivity contribution is 7.99. The van der Waals surface area contributed by atoms with Crippen LogP contribution in [0.2, 0.25) is 10.0 Å². The van der Waals surface area contributed by atoms with Gasteiger partial charge in [-0.15, -0.1) is 0 Å². The Morgan fingerprint density at radius 1 is 1.07 bits per heavy atom. The number of hydrogen-bond acceptors (Lipinski definition) is 3. The predicted molar refractivity (Wildman–Crippen MR) is 125 cm³/mol. The zero-order valence-electron chi connectivity index (χ0n) is 17.3. The number of aromatic nitrogens is 2. The maximum atomic E-state index is 6.24. The molecule has 0 saturated heterocycles. The van der Waals surface area contributed by atoms with E-state index in [-0.39, 0.29) is 0 Å². The molecule has 2 aromatic carbocycles. The number of rotatable bonds is 9. The lowest BCUT2D eigenvalue weighted by Gasteiger charge is -2.13. The zero-order chi connectivity index (χ0) is 21.1. The lowest BCUT2D eigenvalue weighted by Crippen LogP contribution is -2.08. The SMILES string of the molecule is CC(C)c1nc(COCc2ccccc2)n(CC2CC2)c1Sc1cc(Cl)cc(Cl)c1. The molecule has 0 bridgehead atoms. The van der Waals surface area contributed by atoms with Gasteiger partial charge in [-0.05, 0) is 48.4 Å². The fraction of sp³-hybridized carbons (Fsp3) is 0.375. The summed E-state index contributed by atoms with van der Waals surface area (Å²) in [7, 11) is 0. The summed E-state index contributed by atoms with van der Waals surface area (Å²) in [6.45, 7) is 6.44. The van der Waals surface area contributed by atoms with E-state index in [0.717, 1.165) is 28.9 Å². The fourth-order valence-electron chi connectivity index (χ4n) is 3.38. The normalized spacial score (nSPS) is 13.9. The number of benzene rings is 2. The maximum absolute atomic E-state index is 6.24. The first-order valence-electron chi connectivity index (χ1n) is 10.3. The molecule has 158 valence electrons. The van der Waals surface area contributed by atoms with E-state index in [0.29, 0.717) is 29.2 Å². The van der Waals surface area contributed by atoms with Crippen LogP contribution in [-0.2, 0) is 24.5 Å². The van der Waals surface area contributed by atoms with Crippen LogP contribution >= 0.6 is 35.0 Å². The Morgan fingerprint density at radius 2 is 1.77 bits per heavy atom. The molecule has 6 heteroatoms. The lowest BCUT2D eigenvalue weighted by atomic mass is 10.1. The topological polar surface area (TPSA) is 27.1 Å². The van der Waals surface area contributed by atoms with Crippen LogP contribution in [0.25, 0.3) is 0 Å². The van der Waals surface area contributed by atoms with E-state index in [1.807, 2.05) is 30.3 Å². The van der Waals surface area contributed by atoms with Gasteiger partial charge in [0.1, 0.15) is 17.5 Å². The van der Waals surface area contributed by atoms with Crippen molar-refractivity contribution in [2.75, 3.05) is 0 Å². The van der Waals surface area contributed by atoms with Crippen molar-refractivity contribution in [1.29, 1.82) is 0 Å². The third-order valence-corrected chi connectivity index (χ3v) is 6.63. The molecule has 3 aromatic rings. The summed E-state index contributed by atoms with van der Waals surface area (Å²) in [6, 6.07) is 15.9. The molecular formula is C24H26Cl2N2OS. The monoisotopic (exact) mass is 460 g/mol. The number of hydrogen-bond donors (Lipinski definition) is 0. The van der Waals surface area contributed by atoms with Crippen LogP contribution < -0.4 is 0 Å². The number of imidazole rings is 1. The molecule has 0 radical (unpaired) electrons. The highest BCUT2D eigenvalue weighted by Crippen LogP contribution is 2.40. The second-order valence-corrected chi connectivity index (χ2v) is 10.0. The van der Waals surface area contributed by atoms with E-state index >= 15 is 0 Å². The van der Waals surface area contributed by atoms with Crippen molar-refractivity contribution in [3.8, 4) is 0 Å². The molecule has 0 unspecified atom stereocenters. The molecule has 0 atom stereocenters. The minimum atomic E-state index is 0.315. The van der Waals surface area contributed by atoms with Gasteiger partial charge in [-0.2, -0.15) is 0 Å². The highest BCUT2D eigenvalue weighted by atomic mass is 35.5. The van der Waals surface area contributed by atoms with E-state index in [1.165, 1.54) is 23.4 Å². The summed E-state index contributed by atoms with van der Waals surface area (Å²) in [5.74, 6) is 2.04. The van der Waals surface area contributed by atoms with Gasteiger partial charge in [0.25, 0.3) is 0 Å². The summed E-state index contributed by atoms with van der Waals surface area (Å²) in [6.07, 6.45) is 2.57. The van der Waals surface area contributed by atoms with Gasteiger partial charge in [-0.3, -0.25) is 0 Å². The molecule has 0 spiro atoms. The smallest absolute Gasteiger partial charge is 0.136 e. The third kappa shape index (κ3) is 5.61. The molecule has 1 fully saturated rings. The third-order valence-electron chi connectivity index (χ3n) is 5.10. The van der Waals surface area contributed by atoms with E-state index in [9.17, 15) is 0 Å². The summed E-state index contributed by atoms with van der Waals surface area (Å²) >= 11 is 14.2. The van der Waals surface area contributed by atoms with Crippen LogP contribution in [0.1, 0.15) is 49.7 Å². The molecule has 1 heterocycles. The molecule has 1 aliphatic rings. The molecule has 1 aromatic heterocycles. The van der Waals surface area contributed by atoms with Gasteiger partial charge in [-0.25, -0.2) is 4.98 Å². The van der Waals surface area contributed by atoms with Crippen molar-refractivity contribution in [1.82, 2.24) is 9.55 Å². The van der Waals surface area contributed by atoms with Crippen LogP contribution in [-0.4, -0.2) is 9.55 Å². The Hall–Kier alpha value is -1.46. The molecule has 30 heavy (non-hydrogen) atoms. The number of nitrogens with zero attached hydrogens (tertiary/aromatic N) is 2. The average molecular weight is 461 g/mol. The molecule has 1 saturated carbocycles. The molecule has 0 amide bonds. The first-order chi connectivity index (χ1) is 14.5. The molecule has 3 nitrogen and oxygen atoms in total. The first kappa shape index (κ1) is 21.8. The average Bonchev–Trinajstić information content (AvgIpc) is 3.45. The van der Waals surface area contributed by atoms with Crippen molar-refractivity contribution in [2.24, 2.45) is 5.92 Å². The Kier molecular flexibility index (Phi) is 7.09. The van der Waals surface area contributed by atoms with Crippen molar-refractivity contribution in [3.63, 3.8) is 0 Å². The molecule has 1 aliphatic carbocycles. The number of halogens is 2. The Bertz CT molecular complexity index is 980. The van der Waals surface area contributed by atoms with Gasteiger partial charge in [0.2, 0.25) is 0 Å². The van der Waals surface area contributed by atoms with Crippen molar-refractivity contribution in [2.45, 2.75) is 62.3 Å². The standard InChI is InChI=1S/C24H26Cl2N2OS/c1-16(2)23-24(30-21-11-19(25)10-20(26)12-21)28(13-17-8-9-17)22(27-23)15-29-14-18-6-4-3-5-7-18/h3-7,10-12,16-17H,8-9,13-15H2,1-2H3. The highest BCUT2D eigenvalue weighted by Gasteiger charge is 2.27. The number of ether oxygens (including phenoxy) is 1. The summed E-state index contributed by atoms with van der Waals surface area (Å²) in [5, 5.41) is 2.47. The van der Waals surface area contributed by atoms with Gasteiger partial charge < -0.3 is 9.30 Å². The lowest BCUT2D eigenvalue weighted by molar-refractivity contribution is 0.0986. The van der Waals surface area contributed by atoms with Crippen LogP contribution in [0, 0.1) is 5.92 Å². The van der Waals surface area contributed by atoms with Crippen molar-refractivity contribution < 1.29 is 4.74 Å². The van der Waals surface area contributed by atoms with Gasteiger partial charge in [0, 0.05) is 21.5 Å². The molecular weight excluding hydrogens is 435 g/mol. The minimum absolute atomic E-state index is 0.315. The second kappa shape index (κ2) is 9.78. The molecule has 0 aliphatic heterocycles. The van der Waals surface area contributed by atoms with Crippen LogP contribution in [0.3, 0.4) is 0 Å². The van der Waals surface area contributed by atoms with Crippen LogP contribution in [0.5, 0.6) is 0 Å².